The van der Waals surface area contributed by atoms with E-state index in [1.165, 1.54) is 0 Å². The average Bonchev–Trinajstić information content (AvgIpc) is 3.17. The van der Waals surface area contributed by atoms with Crippen molar-refractivity contribution in [1.82, 2.24) is 4.57 Å². The zero-order valence-electron chi connectivity index (χ0n) is 18.7. The Morgan fingerprint density at radius 3 is 2.41 bits per heavy atom. The van der Waals surface area contributed by atoms with Gasteiger partial charge in [0.05, 0.1) is 17.6 Å². The highest BCUT2D eigenvalue weighted by molar-refractivity contribution is 6.17. The quantitative estimate of drug-likeness (QED) is 0.352. The van der Waals surface area contributed by atoms with Crippen LogP contribution in [0.1, 0.15) is 37.4 Å². The van der Waals surface area contributed by atoms with Crippen molar-refractivity contribution in [2.45, 2.75) is 13.2 Å². The first kappa shape index (κ1) is 21.6. The molecule has 0 saturated heterocycles. The number of carbonyl (C=O) groups excluding carboxylic acids is 2. The third-order valence-electron chi connectivity index (χ3n) is 6.00. The maximum absolute atomic E-state index is 13.0. The molecular formula is C29H23N2O3. The second-order valence-corrected chi connectivity index (χ2v) is 8.25. The number of benzene rings is 4. The van der Waals surface area contributed by atoms with Gasteiger partial charge in [-0.05, 0) is 47.5 Å². The fourth-order valence-electron chi connectivity index (χ4n) is 4.47. The zero-order chi connectivity index (χ0) is 23.7. The molecule has 0 fully saturated rings. The Bertz CT molecular complexity index is 1530. The van der Waals surface area contributed by atoms with Crippen molar-refractivity contribution in [2.24, 2.45) is 5.73 Å². The minimum Gasteiger partial charge on any atom is -0.380 e. The van der Waals surface area contributed by atoms with Gasteiger partial charge in [0, 0.05) is 41.1 Å². The molecule has 0 aliphatic carbocycles. The first-order valence-electron chi connectivity index (χ1n) is 11.0. The zero-order valence-corrected chi connectivity index (χ0v) is 18.7. The number of nitrogens with zero attached hydrogens (tertiary/aromatic N) is 1. The molecule has 1 radical (unpaired) electrons. The molecule has 34 heavy (non-hydrogen) atoms. The van der Waals surface area contributed by atoms with E-state index in [4.69, 9.17) is 10.5 Å². The van der Waals surface area contributed by atoms with E-state index >= 15 is 0 Å². The summed E-state index contributed by atoms with van der Waals surface area (Å²) in [5, 5.41) is 1.62. The summed E-state index contributed by atoms with van der Waals surface area (Å²) in [7, 11) is 1.65. The molecule has 5 nitrogen and oxygen atoms in total. The largest absolute Gasteiger partial charge is 0.380 e. The van der Waals surface area contributed by atoms with E-state index in [0.717, 1.165) is 32.9 Å². The van der Waals surface area contributed by atoms with Crippen molar-refractivity contribution in [3.05, 3.63) is 119 Å². The minimum atomic E-state index is -0.477. The van der Waals surface area contributed by atoms with Gasteiger partial charge in [0.25, 0.3) is 0 Å². The second kappa shape index (κ2) is 8.96. The molecule has 1 amide bonds. The Kier molecular flexibility index (Phi) is 5.70. The molecule has 5 heteroatoms. The number of rotatable bonds is 7. The van der Waals surface area contributed by atoms with E-state index < -0.39 is 5.91 Å². The van der Waals surface area contributed by atoms with Crippen LogP contribution in [0.5, 0.6) is 0 Å². The molecule has 0 atom stereocenters. The van der Waals surface area contributed by atoms with Gasteiger partial charge in [0.1, 0.15) is 0 Å². The molecular weight excluding hydrogens is 424 g/mol. The Morgan fingerprint density at radius 1 is 0.882 bits per heavy atom. The molecule has 1 aromatic heterocycles. The normalized spacial score (nSPS) is 11.2. The van der Waals surface area contributed by atoms with Crippen LogP contribution in [0, 0.1) is 6.07 Å². The minimum absolute atomic E-state index is 0.0172. The van der Waals surface area contributed by atoms with E-state index in [-0.39, 0.29) is 5.78 Å². The van der Waals surface area contributed by atoms with Crippen molar-refractivity contribution >= 4 is 33.5 Å². The van der Waals surface area contributed by atoms with Crippen LogP contribution < -0.4 is 5.73 Å². The fraction of sp³-hybridized carbons (Fsp3) is 0.103. The lowest BCUT2D eigenvalue weighted by molar-refractivity contribution is 0.1000. The number of methoxy groups -OCH3 is 1. The number of carbonyl (C=O) groups is 2. The van der Waals surface area contributed by atoms with E-state index in [1.807, 2.05) is 72.8 Å². The molecule has 0 unspecified atom stereocenters. The standard InChI is InChI=1S/C29H23N2O3/c1-34-18-20-13-14-23-26(16-20)31(25-12-6-11-24(27(23)25)29(30)33)17-19-7-5-10-22(15-19)28(32)21-8-3-2-4-9-21/h2-13,15-16H,17-18H2,1H3,(H2,30,33). The van der Waals surface area contributed by atoms with Crippen LogP contribution in [-0.4, -0.2) is 23.4 Å². The van der Waals surface area contributed by atoms with Gasteiger partial charge in [-0.25, -0.2) is 0 Å². The number of hydrogen-bond donors (Lipinski definition) is 1. The predicted molar refractivity (Wildman–Crippen MR) is 133 cm³/mol. The number of hydrogen-bond acceptors (Lipinski definition) is 3. The van der Waals surface area contributed by atoms with Gasteiger partial charge in [-0.1, -0.05) is 54.6 Å². The Hall–Kier alpha value is -4.22. The molecule has 0 bridgehead atoms. The molecule has 0 saturated carbocycles. The number of ether oxygens (including phenoxy) is 1. The van der Waals surface area contributed by atoms with Crippen molar-refractivity contribution in [3.63, 3.8) is 0 Å². The van der Waals surface area contributed by atoms with Crippen LogP contribution in [0.4, 0.5) is 0 Å². The highest BCUT2D eigenvalue weighted by atomic mass is 16.5. The van der Waals surface area contributed by atoms with Gasteiger partial charge in [0.15, 0.2) is 5.78 Å². The summed E-state index contributed by atoms with van der Waals surface area (Å²) in [5.74, 6) is -0.495. The van der Waals surface area contributed by atoms with Gasteiger partial charge in [-0.2, -0.15) is 0 Å². The molecule has 0 aliphatic rings. The van der Waals surface area contributed by atoms with Crippen LogP contribution in [0.15, 0.2) is 84.9 Å². The maximum atomic E-state index is 13.0. The SMILES string of the molecule is COCc1c[c]c2c3c(C(N)=O)cccc3n(Cc3cccc(C(=O)c4ccccc4)c3)c2c1. The summed E-state index contributed by atoms with van der Waals surface area (Å²) in [5.41, 5.74) is 11.2. The van der Waals surface area contributed by atoms with Crippen molar-refractivity contribution < 1.29 is 14.3 Å². The highest BCUT2D eigenvalue weighted by Gasteiger charge is 2.18. The molecule has 4 aromatic carbocycles. The molecule has 0 aliphatic heterocycles. The number of amides is 1. The van der Waals surface area contributed by atoms with Gasteiger partial charge in [-0.3, -0.25) is 9.59 Å². The molecule has 1 heterocycles. The molecule has 5 aromatic rings. The smallest absolute Gasteiger partial charge is 0.249 e. The first-order valence-corrected chi connectivity index (χ1v) is 11.0. The number of nitrogens with two attached hydrogens (primary N) is 1. The Labute approximate surface area is 197 Å². The van der Waals surface area contributed by atoms with E-state index in [2.05, 4.69) is 16.7 Å². The predicted octanol–water partition coefficient (Wildman–Crippen LogP) is 5.12. The number of aromatic nitrogens is 1. The lowest BCUT2D eigenvalue weighted by Crippen LogP contribution is -2.11. The summed E-state index contributed by atoms with van der Waals surface area (Å²) in [6.07, 6.45) is 0. The summed E-state index contributed by atoms with van der Waals surface area (Å²) in [6, 6.07) is 29.7. The van der Waals surface area contributed by atoms with Crippen LogP contribution in [-0.2, 0) is 17.9 Å². The average molecular weight is 448 g/mol. The number of primary amides is 1. The van der Waals surface area contributed by atoms with Crippen molar-refractivity contribution in [2.75, 3.05) is 7.11 Å². The Morgan fingerprint density at radius 2 is 1.65 bits per heavy atom. The maximum Gasteiger partial charge on any atom is 0.249 e. The van der Waals surface area contributed by atoms with E-state index in [0.29, 0.717) is 29.8 Å². The lowest BCUT2D eigenvalue weighted by atomic mass is 10.0. The fourth-order valence-corrected chi connectivity index (χ4v) is 4.47. The van der Waals surface area contributed by atoms with E-state index in [9.17, 15) is 9.59 Å². The van der Waals surface area contributed by atoms with Crippen LogP contribution in [0.2, 0.25) is 0 Å². The summed E-state index contributed by atoms with van der Waals surface area (Å²) in [6.45, 7) is 0.972. The number of fused-ring (bicyclic) bond motifs is 3. The summed E-state index contributed by atoms with van der Waals surface area (Å²) in [4.78, 5) is 25.2. The van der Waals surface area contributed by atoms with Crippen LogP contribution in [0.3, 0.4) is 0 Å². The molecule has 5 rings (SSSR count). The lowest BCUT2D eigenvalue weighted by Gasteiger charge is -2.10. The summed E-state index contributed by atoms with van der Waals surface area (Å²) < 4.78 is 7.45. The van der Waals surface area contributed by atoms with Gasteiger partial charge >= 0.3 is 0 Å². The molecule has 167 valence electrons. The third kappa shape index (κ3) is 3.87. The molecule has 0 spiro atoms. The third-order valence-corrected chi connectivity index (χ3v) is 6.00. The number of ketones is 1. The van der Waals surface area contributed by atoms with Crippen molar-refractivity contribution in [1.29, 1.82) is 0 Å². The van der Waals surface area contributed by atoms with Crippen LogP contribution in [0.25, 0.3) is 21.8 Å². The van der Waals surface area contributed by atoms with Gasteiger partial charge in [0.2, 0.25) is 5.91 Å². The second-order valence-electron chi connectivity index (χ2n) is 8.25. The van der Waals surface area contributed by atoms with Gasteiger partial charge < -0.3 is 15.0 Å². The highest BCUT2D eigenvalue weighted by Crippen LogP contribution is 2.33. The van der Waals surface area contributed by atoms with Gasteiger partial charge in [-0.15, -0.1) is 0 Å². The Balaban J connectivity index is 1.65. The summed E-state index contributed by atoms with van der Waals surface area (Å²) >= 11 is 0. The van der Waals surface area contributed by atoms with E-state index in [1.54, 1.807) is 13.2 Å². The topological polar surface area (TPSA) is 74.3 Å². The first-order chi connectivity index (χ1) is 16.6. The monoisotopic (exact) mass is 447 g/mol. The molecule has 2 N–H and O–H groups in total. The van der Waals surface area contributed by atoms with Crippen LogP contribution >= 0.6 is 0 Å². The van der Waals surface area contributed by atoms with Crippen molar-refractivity contribution in [3.8, 4) is 0 Å².